The molecule has 6 heteroatoms. The van der Waals surface area contributed by atoms with Crippen molar-refractivity contribution in [3.05, 3.63) is 64.5 Å². The molecule has 27 heavy (non-hydrogen) atoms. The Labute approximate surface area is 162 Å². The van der Waals surface area contributed by atoms with Gasteiger partial charge in [-0.15, -0.1) is 16.4 Å². The van der Waals surface area contributed by atoms with Gasteiger partial charge < -0.3 is 5.73 Å². The molecule has 0 unspecified atom stereocenters. The molecule has 0 amide bonds. The summed E-state index contributed by atoms with van der Waals surface area (Å²) in [5.41, 5.74) is 13.6. The average molecular weight is 376 g/mol. The Bertz CT molecular complexity index is 1110. The quantitative estimate of drug-likeness (QED) is 0.555. The Kier molecular flexibility index (Phi) is 4.49. The highest BCUT2D eigenvalue weighted by molar-refractivity contribution is 7.13. The second-order valence-corrected chi connectivity index (χ2v) is 7.47. The molecule has 136 valence electrons. The fraction of sp³-hybridized carbons (Fsp3) is 0.190. The van der Waals surface area contributed by atoms with Gasteiger partial charge in [-0.2, -0.15) is 4.68 Å². The Morgan fingerprint density at radius 2 is 1.96 bits per heavy atom. The minimum atomic E-state index is 0.505. The molecule has 0 bridgehead atoms. The third kappa shape index (κ3) is 3.24. The Morgan fingerprint density at radius 3 is 2.78 bits per heavy atom. The van der Waals surface area contributed by atoms with Crippen molar-refractivity contribution < 1.29 is 0 Å². The van der Waals surface area contributed by atoms with Crippen molar-refractivity contribution in [3.8, 4) is 27.6 Å². The van der Waals surface area contributed by atoms with Gasteiger partial charge in [0.15, 0.2) is 11.5 Å². The van der Waals surface area contributed by atoms with E-state index in [1.165, 1.54) is 28.0 Å². The van der Waals surface area contributed by atoms with Crippen LogP contribution in [0.2, 0.25) is 0 Å². The van der Waals surface area contributed by atoms with E-state index >= 15 is 0 Å². The summed E-state index contributed by atoms with van der Waals surface area (Å²) >= 11 is 1.54. The predicted octanol–water partition coefficient (Wildman–Crippen LogP) is 4.82. The van der Waals surface area contributed by atoms with Crippen LogP contribution >= 0.6 is 11.3 Å². The Morgan fingerprint density at radius 1 is 1.11 bits per heavy atom. The lowest BCUT2D eigenvalue weighted by Gasteiger charge is -2.05. The number of rotatable bonds is 4. The number of thiazole rings is 1. The van der Waals surface area contributed by atoms with Gasteiger partial charge in [0.05, 0.1) is 11.4 Å². The number of benzene rings is 2. The van der Waals surface area contributed by atoms with E-state index < -0.39 is 0 Å². The van der Waals surface area contributed by atoms with Crippen molar-refractivity contribution in [2.75, 3.05) is 5.73 Å². The molecular weight excluding hydrogens is 354 g/mol. The smallest absolute Gasteiger partial charge is 0.165 e. The van der Waals surface area contributed by atoms with Crippen LogP contribution in [-0.4, -0.2) is 20.0 Å². The van der Waals surface area contributed by atoms with Crippen molar-refractivity contribution in [3.63, 3.8) is 0 Å². The van der Waals surface area contributed by atoms with Gasteiger partial charge in [0.25, 0.3) is 0 Å². The van der Waals surface area contributed by atoms with Crippen LogP contribution in [0.5, 0.6) is 0 Å². The number of hydrogen-bond acceptors (Lipinski definition) is 5. The second kappa shape index (κ2) is 6.96. The fourth-order valence-electron chi connectivity index (χ4n) is 3.06. The zero-order valence-corrected chi connectivity index (χ0v) is 16.4. The van der Waals surface area contributed by atoms with Crippen LogP contribution in [0.1, 0.15) is 23.6 Å². The van der Waals surface area contributed by atoms with E-state index in [0.29, 0.717) is 11.5 Å². The summed E-state index contributed by atoms with van der Waals surface area (Å²) in [5.74, 6) is 0.505. The fourth-order valence-corrected chi connectivity index (χ4v) is 3.87. The minimum absolute atomic E-state index is 0.505. The molecule has 2 aromatic heterocycles. The van der Waals surface area contributed by atoms with E-state index in [-0.39, 0.29) is 0 Å². The Balaban J connectivity index is 1.72. The van der Waals surface area contributed by atoms with E-state index in [0.717, 1.165) is 28.4 Å². The van der Waals surface area contributed by atoms with Crippen LogP contribution in [-0.2, 0) is 6.42 Å². The number of nitrogen functional groups attached to an aromatic ring is 1. The lowest BCUT2D eigenvalue weighted by molar-refractivity contribution is 0.809. The van der Waals surface area contributed by atoms with E-state index in [4.69, 9.17) is 10.7 Å². The first-order chi connectivity index (χ1) is 13.1. The number of aryl methyl sites for hydroxylation is 3. The third-order valence-electron chi connectivity index (χ3n) is 4.64. The van der Waals surface area contributed by atoms with Crippen molar-refractivity contribution in [1.82, 2.24) is 20.0 Å². The maximum absolute atomic E-state index is 6.37. The molecule has 0 fully saturated rings. The molecule has 0 saturated heterocycles. The van der Waals surface area contributed by atoms with Crippen LogP contribution in [0, 0.1) is 13.8 Å². The zero-order chi connectivity index (χ0) is 19.0. The van der Waals surface area contributed by atoms with Crippen LogP contribution in [0.15, 0.2) is 47.8 Å². The number of hydrogen-bond donors (Lipinski definition) is 1. The molecule has 0 saturated carbocycles. The molecule has 5 nitrogen and oxygen atoms in total. The summed E-state index contributed by atoms with van der Waals surface area (Å²) in [6.07, 6.45) is 0.959. The van der Waals surface area contributed by atoms with Crippen molar-refractivity contribution in [2.45, 2.75) is 27.2 Å². The topological polar surface area (TPSA) is 69.6 Å². The van der Waals surface area contributed by atoms with Crippen LogP contribution in [0.4, 0.5) is 5.82 Å². The molecule has 0 aliphatic rings. The molecule has 0 aliphatic carbocycles. The second-order valence-electron chi connectivity index (χ2n) is 6.61. The van der Waals surface area contributed by atoms with E-state index in [9.17, 15) is 0 Å². The molecule has 2 N–H and O–H groups in total. The predicted molar refractivity (Wildman–Crippen MR) is 111 cm³/mol. The Hall–Kier alpha value is -2.99. The molecule has 0 radical (unpaired) electrons. The summed E-state index contributed by atoms with van der Waals surface area (Å²) in [5, 5.41) is 11.4. The number of nitrogens with two attached hydrogens (primary N) is 1. The van der Waals surface area contributed by atoms with Crippen molar-refractivity contribution in [1.29, 1.82) is 0 Å². The molecule has 4 rings (SSSR count). The summed E-state index contributed by atoms with van der Waals surface area (Å²) < 4.78 is 1.67. The van der Waals surface area contributed by atoms with Gasteiger partial charge in [-0.1, -0.05) is 42.0 Å². The molecule has 4 aromatic rings. The summed E-state index contributed by atoms with van der Waals surface area (Å²) in [6.45, 7) is 6.31. The molecule has 0 aliphatic heterocycles. The number of nitrogens with zero attached hydrogens (tertiary/aromatic N) is 4. The van der Waals surface area contributed by atoms with Gasteiger partial charge in [-0.25, -0.2) is 4.98 Å². The molecule has 0 atom stereocenters. The molecule has 2 aromatic carbocycles. The highest BCUT2D eigenvalue weighted by Crippen LogP contribution is 2.33. The van der Waals surface area contributed by atoms with E-state index in [2.05, 4.69) is 61.4 Å². The van der Waals surface area contributed by atoms with Crippen LogP contribution in [0.25, 0.3) is 27.6 Å². The highest BCUT2D eigenvalue weighted by Gasteiger charge is 2.17. The first kappa shape index (κ1) is 17.4. The maximum Gasteiger partial charge on any atom is 0.165 e. The highest BCUT2D eigenvalue weighted by atomic mass is 32.1. The normalized spacial score (nSPS) is 11.1. The zero-order valence-electron chi connectivity index (χ0n) is 15.6. The maximum atomic E-state index is 6.37. The van der Waals surface area contributed by atoms with Gasteiger partial charge >= 0.3 is 0 Å². The van der Waals surface area contributed by atoms with E-state index in [1.54, 1.807) is 4.68 Å². The summed E-state index contributed by atoms with van der Waals surface area (Å²) in [6, 6.07) is 14.6. The van der Waals surface area contributed by atoms with Gasteiger partial charge in [0.1, 0.15) is 5.01 Å². The van der Waals surface area contributed by atoms with Crippen LogP contribution in [0.3, 0.4) is 0 Å². The largest absolute Gasteiger partial charge is 0.382 e. The van der Waals surface area contributed by atoms with Gasteiger partial charge in [0.2, 0.25) is 0 Å². The van der Waals surface area contributed by atoms with Crippen molar-refractivity contribution >= 4 is 17.2 Å². The molecule has 2 heterocycles. The number of anilines is 1. The molecular formula is C21H21N5S. The van der Waals surface area contributed by atoms with Gasteiger partial charge in [0, 0.05) is 10.9 Å². The van der Waals surface area contributed by atoms with Crippen LogP contribution < -0.4 is 5.73 Å². The summed E-state index contributed by atoms with van der Waals surface area (Å²) in [4.78, 5) is 4.78. The third-order valence-corrected chi connectivity index (χ3v) is 5.49. The van der Waals surface area contributed by atoms with Gasteiger partial charge in [-0.05, 0) is 49.6 Å². The lowest BCUT2D eigenvalue weighted by Crippen LogP contribution is -2.02. The average Bonchev–Trinajstić information content (AvgIpc) is 3.30. The first-order valence-corrected chi connectivity index (χ1v) is 9.78. The van der Waals surface area contributed by atoms with E-state index in [1.807, 2.05) is 17.5 Å². The number of aromatic nitrogens is 4. The SMILES string of the molecule is CCc1cccc(-n2nnc(-c3nc(-c4cc(C)ccc4C)cs3)c2N)c1. The minimum Gasteiger partial charge on any atom is -0.382 e. The summed E-state index contributed by atoms with van der Waals surface area (Å²) in [7, 11) is 0. The molecule has 0 spiro atoms. The van der Waals surface area contributed by atoms with Gasteiger partial charge in [-0.3, -0.25) is 0 Å². The van der Waals surface area contributed by atoms with Crippen molar-refractivity contribution in [2.24, 2.45) is 0 Å². The standard InChI is InChI=1S/C21H21N5S/c1-4-15-6-5-7-16(11-15)26-20(22)19(24-25-26)21-23-18(12-27-21)17-10-13(2)8-9-14(17)3/h5-12H,4,22H2,1-3H3. The first-order valence-electron chi connectivity index (χ1n) is 8.91. The lowest BCUT2D eigenvalue weighted by atomic mass is 10.0. The monoisotopic (exact) mass is 375 g/mol.